The number of nitrogens with zero attached hydrogens (tertiary/aromatic N) is 4. The Bertz CT molecular complexity index is 2190. The molecule has 0 radical (unpaired) electrons. The number of fused-ring (bicyclic) bond motifs is 3. The molecule has 0 bridgehead atoms. The molecule has 0 fully saturated rings. The molecule has 1 amide bonds. The lowest BCUT2D eigenvalue weighted by atomic mass is 10.2. The van der Waals surface area contributed by atoms with E-state index in [0.29, 0.717) is 28.1 Å². The molecular weight excluding hydrogens is 526 g/mol. The first-order valence-electron chi connectivity index (χ1n) is 13.5. The van der Waals surface area contributed by atoms with Crippen LogP contribution in [0.1, 0.15) is 11.1 Å². The lowest BCUT2D eigenvalue weighted by Gasteiger charge is -2.09. The van der Waals surface area contributed by atoms with Gasteiger partial charge in [0.05, 0.1) is 17.1 Å². The number of hydrogen-bond donors (Lipinski definition) is 1. The van der Waals surface area contributed by atoms with Crippen molar-refractivity contribution < 1.29 is 9.21 Å². The van der Waals surface area contributed by atoms with Crippen molar-refractivity contribution in [1.82, 2.24) is 14.2 Å². The molecule has 204 valence electrons. The van der Waals surface area contributed by atoms with Gasteiger partial charge in [0.25, 0.3) is 5.56 Å². The quantitative estimate of drug-likeness (QED) is 0.236. The Morgan fingerprint density at radius 2 is 1.67 bits per heavy atom. The number of benzene rings is 4. The van der Waals surface area contributed by atoms with Crippen molar-refractivity contribution in [3.63, 3.8) is 0 Å². The predicted molar refractivity (Wildman–Crippen MR) is 166 cm³/mol. The number of furan rings is 1. The zero-order valence-corrected chi connectivity index (χ0v) is 22.7. The summed E-state index contributed by atoms with van der Waals surface area (Å²) in [4.78, 5) is 31.4. The molecule has 0 aliphatic carbocycles. The van der Waals surface area contributed by atoms with Gasteiger partial charge in [-0.05, 0) is 48.9 Å². The molecule has 7 aromatic rings. The predicted octanol–water partition coefficient (Wildman–Crippen LogP) is 6.59. The third-order valence-corrected chi connectivity index (χ3v) is 7.26. The van der Waals surface area contributed by atoms with Crippen LogP contribution in [-0.2, 0) is 11.3 Å². The maximum absolute atomic E-state index is 13.7. The highest BCUT2D eigenvalue weighted by Gasteiger charge is 2.17. The third kappa shape index (κ3) is 4.54. The molecule has 4 aromatic carbocycles. The van der Waals surface area contributed by atoms with Gasteiger partial charge in [-0.2, -0.15) is 9.78 Å². The highest BCUT2D eigenvalue weighted by atomic mass is 16.3. The van der Waals surface area contributed by atoms with Gasteiger partial charge in [0.15, 0.2) is 5.76 Å². The minimum absolute atomic E-state index is 0.115. The molecule has 42 heavy (non-hydrogen) atoms. The molecular formula is C34H25N5O3. The van der Waals surface area contributed by atoms with Crippen molar-refractivity contribution in [3.05, 3.63) is 131 Å². The fraction of sp³-hybridized carbons (Fsp3) is 0.0588. The summed E-state index contributed by atoms with van der Waals surface area (Å²) < 4.78 is 9.24. The summed E-state index contributed by atoms with van der Waals surface area (Å²) in [7, 11) is 0. The number of carbonyl (C=O) groups excluding carboxylic acids is 1. The average Bonchev–Trinajstić information content (AvgIpc) is 3.59. The summed E-state index contributed by atoms with van der Waals surface area (Å²) in [5.41, 5.74) is 4.34. The summed E-state index contributed by atoms with van der Waals surface area (Å²) in [5, 5.41) is 9.88. The van der Waals surface area contributed by atoms with E-state index >= 15 is 0 Å². The fourth-order valence-electron chi connectivity index (χ4n) is 5.17. The van der Waals surface area contributed by atoms with Gasteiger partial charge in [-0.25, -0.2) is 4.98 Å². The third-order valence-electron chi connectivity index (χ3n) is 7.26. The molecule has 3 heterocycles. The number of aryl methyl sites for hydroxylation is 1. The van der Waals surface area contributed by atoms with Crippen LogP contribution in [0.4, 0.5) is 5.69 Å². The van der Waals surface area contributed by atoms with Crippen molar-refractivity contribution in [1.29, 1.82) is 0 Å². The molecule has 0 atom stereocenters. The SMILES string of the molecule is Cc1ccccc1NC(=O)Cn1cc(C=Nn2c(-c3cc4ccccc4o3)nc3ccccc3c2=O)c2ccccc21. The van der Waals surface area contributed by atoms with Gasteiger partial charge >= 0.3 is 0 Å². The molecule has 3 aromatic heterocycles. The van der Waals surface area contributed by atoms with Crippen LogP contribution >= 0.6 is 0 Å². The minimum atomic E-state index is -0.311. The summed E-state index contributed by atoms with van der Waals surface area (Å²) in [5.74, 6) is 0.592. The van der Waals surface area contributed by atoms with Crippen molar-refractivity contribution in [2.45, 2.75) is 13.5 Å². The van der Waals surface area contributed by atoms with Gasteiger partial charge in [0, 0.05) is 33.7 Å². The standard InChI is InChI=1S/C34H25N5O3/c1-22-10-2-6-14-27(22)36-32(40)21-38-20-24(25-12-5-8-16-29(25)38)19-35-39-33(31-18-23-11-3-9-17-30(23)42-31)37-28-15-7-4-13-26(28)34(39)41/h2-20H,21H2,1H3,(H,36,40). The number of aromatic nitrogens is 3. The molecule has 7 rings (SSSR count). The van der Waals surface area contributed by atoms with Crippen LogP contribution in [0.2, 0.25) is 0 Å². The molecule has 0 saturated heterocycles. The van der Waals surface area contributed by atoms with Gasteiger partial charge < -0.3 is 14.3 Å². The first-order valence-corrected chi connectivity index (χ1v) is 13.5. The van der Waals surface area contributed by atoms with Crippen molar-refractivity contribution in [2.24, 2.45) is 5.10 Å². The Morgan fingerprint density at radius 3 is 2.52 bits per heavy atom. The number of carbonyl (C=O) groups is 1. The maximum Gasteiger partial charge on any atom is 0.282 e. The van der Waals surface area contributed by atoms with Crippen LogP contribution < -0.4 is 10.9 Å². The number of nitrogens with one attached hydrogen (secondary N) is 1. The number of rotatable bonds is 6. The van der Waals surface area contributed by atoms with Gasteiger partial charge in [0.2, 0.25) is 11.7 Å². The summed E-state index contributed by atoms with van der Waals surface area (Å²) >= 11 is 0. The summed E-state index contributed by atoms with van der Waals surface area (Å²) in [6.45, 7) is 2.07. The topological polar surface area (TPSA) is 94.4 Å². The van der Waals surface area contributed by atoms with Crippen molar-refractivity contribution in [3.8, 4) is 11.6 Å². The van der Waals surface area contributed by atoms with E-state index < -0.39 is 0 Å². The fourth-order valence-corrected chi connectivity index (χ4v) is 5.17. The lowest BCUT2D eigenvalue weighted by Crippen LogP contribution is -2.20. The average molecular weight is 552 g/mol. The van der Waals surface area contributed by atoms with Gasteiger partial charge in [-0.15, -0.1) is 0 Å². The second-order valence-electron chi connectivity index (χ2n) is 10.1. The molecule has 8 heteroatoms. The maximum atomic E-state index is 13.7. The number of para-hydroxylation sites is 4. The molecule has 0 spiro atoms. The van der Waals surface area contributed by atoms with E-state index in [4.69, 9.17) is 9.40 Å². The second-order valence-corrected chi connectivity index (χ2v) is 10.1. The Kier molecular flexibility index (Phi) is 6.20. The van der Waals surface area contributed by atoms with E-state index in [1.165, 1.54) is 4.68 Å². The van der Waals surface area contributed by atoms with Crippen molar-refractivity contribution in [2.75, 3.05) is 5.32 Å². The Balaban J connectivity index is 1.30. The largest absolute Gasteiger partial charge is 0.453 e. The highest BCUT2D eigenvalue weighted by molar-refractivity contribution is 6.00. The molecule has 0 aliphatic rings. The first-order chi connectivity index (χ1) is 20.5. The van der Waals surface area contributed by atoms with E-state index in [-0.39, 0.29) is 18.0 Å². The van der Waals surface area contributed by atoms with Crippen molar-refractivity contribution >= 4 is 50.6 Å². The van der Waals surface area contributed by atoms with Gasteiger partial charge in [-0.1, -0.05) is 66.7 Å². The first kappa shape index (κ1) is 25.2. The van der Waals surface area contributed by atoms with Gasteiger partial charge in [0.1, 0.15) is 12.1 Å². The monoisotopic (exact) mass is 551 g/mol. The van der Waals surface area contributed by atoms with Crippen LogP contribution in [0.3, 0.4) is 0 Å². The van der Waals surface area contributed by atoms with Crippen LogP contribution in [0, 0.1) is 6.92 Å². The smallest absolute Gasteiger partial charge is 0.282 e. The van der Waals surface area contributed by atoms with E-state index in [1.54, 1.807) is 24.4 Å². The molecule has 0 saturated carbocycles. The zero-order chi connectivity index (χ0) is 28.6. The molecule has 0 unspecified atom stereocenters. The van der Waals surface area contributed by atoms with Crippen LogP contribution in [-0.4, -0.2) is 26.3 Å². The Labute approximate surface area is 240 Å². The van der Waals surface area contributed by atoms with Crippen LogP contribution in [0.25, 0.3) is 44.4 Å². The normalized spacial score (nSPS) is 11.6. The van der Waals surface area contributed by atoms with Crippen LogP contribution in [0.5, 0.6) is 0 Å². The number of hydrogen-bond acceptors (Lipinski definition) is 5. The molecule has 0 aliphatic heterocycles. The summed E-state index contributed by atoms with van der Waals surface area (Å²) in [6.07, 6.45) is 3.49. The highest BCUT2D eigenvalue weighted by Crippen LogP contribution is 2.27. The van der Waals surface area contributed by atoms with E-state index in [9.17, 15) is 9.59 Å². The second kappa shape index (κ2) is 10.3. The van der Waals surface area contributed by atoms with E-state index in [1.807, 2.05) is 103 Å². The van der Waals surface area contributed by atoms with E-state index in [0.717, 1.165) is 33.1 Å². The Morgan fingerprint density at radius 1 is 0.929 bits per heavy atom. The lowest BCUT2D eigenvalue weighted by molar-refractivity contribution is -0.116. The van der Waals surface area contributed by atoms with E-state index in [2.05, 4.69) is 10.4 Å². The molecule has 1 N–H and O–H groups in total. The molecule has 8 nitrogen and oxygen atoms in total. The summed E-state index contributed by atoms with van der Waals surface area (Å²) in [6, 6.07) is 32.1. The Hall–Kier alpha value is -5.76. The number of anilines is 1. The minimum Gasteiger partial charge on any atom is -0.453 e. The zero-order valence-electron chi connectivity index (χ0n) is 22.7. The number of amides is 1. The van der Waals surface area contributed by atoms with Gasteiger partial charge in [-0.3, -0.25) is 9.59 Å². The van der Waals surface area contributed by atoms with Crippen LogP contribution in [0.15, 0.2) is 124 Å².